The Kier molecular flexibility index (Phi) is 4.23. The Labute approximate surface area is 141 Å². The molecule has 0 saturated heterocycles. The monoisotopic (exact) mass is 354 g/mol. The second-order valence-electron chi connectivity index (χ2n) is 6.00. The van der Waals surface area contributed by atoms with E-state index in [0.717, 1.165) is 18.9 Å². The van der Waals surface area contributed by atoms with Crippen molar-refractivity contribution in [2.75, 3.05) is 6.61 Å². The molecule has 0 aliphatic heterocycles. The van der Waals surface area contributed by atoms with E-state index in [-0.39, 0.29) is 40.4 Å². The molecule has 6 nitrogen and oxygen atoms in total. The van der Waals surface area contributed by atoms with E-state index < -0.39 is 22.8 Å². The molecule has 3 rings (SSSR count). The lowest BCUT2D eigenvalue weighted by Gasteiger charge is -2.17. The number of halogens is 2. The number of pyridine rings is 1. The smallest absolute Gasteiger partial charge is 0.341 e. The van der Waals surface area contributed by atoms with Gasteiger partial charge in [0, 0.05) is 18.3 Å². The summed E-state index contributed by atoms with van der Waals surface area (Å²) < 4.78 is 21.3. The van der Waals surface area contributed by atoms with Crippen LogP contribution in [0.3, 0.4) is 0 Å². The number of nitrogens with zero attached hydrogens (tertiary/aromatic N) is 1. The molecule has 0 spiro atoms. The van der Waals surface area contributed by atoms with Gasteiger partial charge in [-0.3, -0.25) is 4.79 Å². The van der Waals surface area contributed by atoms with Crippen LogP contribution in [0.15, 0.2) is 17.1 Å². The molecule has 1 atom stereocenters. The third-order valence-corrected chi connectivity index (χ3v) is 4.18. The number of fused-ring (bicyclic) bond motifs is 1. The molecule has 8 heteroatoms. The summed E-state index contributed by atoms with van der Waals surface area (Å²) in [6, 6.07) is 0.692. The summed E-state index contributed by atoms with van der Waals surface area (Å²) in [5.41, 5.74) is 4.72. The highest BCUT2D eigenvalue weighted by Crippen LogP contribution is 2.41. The summed E-state index contributed by atoms with van der Waals surface area (Å²) >= 11 is 6.30. The number of aromatic nitrogens is 1. The van der Waals surface area contributed by atoms with Gasteiger partial charge >= 0.3 is 5.97 Å². The number of carboxylic acid groups (broad SMARTS) is 1. The minimum absolute atomic E-state index is 0.0374. The third-order valence-electron chi connectivity index (χ3n) is 3.83. The van der Waals surface area contributed by atoms with Gasteiger partial charge in [0.05, 0.1) is 10.9 Å². The Morgan fingerprint density at radius 1 is 1.58 bits per heavy atom. The lowest BCUT2D eigenvalue weighted by atomic mass is 10.1. The van der Waals surface area contributed by atoms with Crippen LogP contribution in [0.1, 0.15) is 36.2 Å². The zero-order valence-electron chi connectivity index (χ0n) is 12.9. The van der Waals surface area contributed by atoms with E-state index in [4.69, 9.17) is 22.1 Å². The summed E-state index contributed by atoms with van der Waals surface area (Å²) in [5, 5.41) is 9.09. The van der Waals surface area contributed by atoms with Gasteiger partial charge in [-0.1, -0.05) is 11.6 Å². The molecule has 1 aliphatic rings. The van der Waals surface area contributed by atoms with E-state index in [1.165, 1.54) is 6.20 Å². The molecule has 0 radical (unpaired) electrons. The van der Waals surface area contributed by atoms with Crippen molar-refractivity contribution >= 4 is 28.5 Å². The Morgan fingerprint density at radius 3 is 2.79 bits per heavy atom. The predicted molar refractivity (Wildman–Crippen MR) is 87.6 cm³/mol. The van der Waals surface area contributed by atoms with E-state index in [1.807, 2.05) is 0 Å². The number of benzene rings is 1. The van der Waals surface area contributed by atoms with E-state index in [9.17, 15) is 19.1 Å². The Morgan fingerprint density at radius 2 is 2.25 bits per heavy atom. The number of rotatable bonds is 5. The first-order valence-corrected chi connectivity index (χ1v) is 7.87. The zero-order chi connectivity index (χ0) is 17.6. The predicted octanol–water partition coefficient (Wildman–Crippen LogP) is 2.55. The highest BCUT2D eigenvalue weighted by molar-refractivity contribution is 6.36. The van der Waals surface area contributed by atoms with Crippen molar-refractivity contribution in [2.45, 2.75) is 31.8 Å². The van der Waals surface area contributed by atoms with E-state index in [0.29, 0.717) is 0 Å². The fourth-order valence-electron chi connectivity index (χ4n) is 2.56. The van der Waals surface area contributed by atoms with Gasteiger partial charge in [0.15, 0.2) is 11.6 Å². The van der Waals surface area contributed by atoms with Crippen molar-refractivity contribution in [3.63, 3.8) is 0 Å². The van der Waals surface area contributed by atoms with Crippen LogP contribution in [0.25, 0.3) is 10.9 Å². The fraction of sp³-hybridized carbons (Fsp3) is 0.375. The molecule has 0 bridgehead atoms. The molecule has 1 fully saturated rings. The number of carbonyl (C=O) groups is 1. The van der Waals surface area contributed by atoms with Crippen LogP contribution in [0.5, 0.6) is 5.75 Å². The lowest BCUT2D eigenvalue weighted by molar-refractivity contribution is 0.0695. The van der Waals surface area contributed by atoms with Crippen LogP contribution in [0, 0.1) is 5.82 Å². The lowest BCUT2D eigenvalue weighted by Crippen LogP contribution is -2.24. The van der Waals surface area contributed by atoms with Crippen LogP contribution in [-0.4, -0.2) is 28.3 Å². The van der Waals surface area contributed by atoms with Gasteiger partial charge in [0.25, 0.3) is 0 Å². The van der Waals surface area contributed by atoms with Gasteiger partial charge < -0.3 is 20.1 Å². The fourth-order valence-corrected chi connectivity index (χ4v) is 2.91. The Bertz CT molecular complexity index is 890. The molecule has 128 valence electrons. The van der Waals surface area contributed by atoms with E-state index in [1.54, 1.807) is 11.5 Å². The molecule has 3 N–H and O–H groups in total. The Hall–Kier alpha value is -2.12. The number of carboxylic acids is 1. The zero-order valence-corrected chi connectivity index (χ0v) is 13.6. The molecular weight excluding hydrogens is 339 g/mol. The summed E-state index contributed by atoms with van der Waals surface area (Å²) in [6.45, 7) is 1.76. The molecule has 1 heterocycles. The van der Waals surface area contributed by atoms with Crippen LogP contribution in [0.2, 0.25) is 5.02 Å². The van der Waals surface area contributed by atoms with Crippen molar-refractivity contribution in [2.24, 2.45) is 5.73 Å². The van der Waals surface area contributed by atoms with Gasteiger partial charge in [-0.15, -0.1) is 0 Å². The molecule has 0 amide bonds. The first-order chi connectivity index (χ1) is 11.3. The maximum absolute atomic E-state index is 14.3. The van der Waals surface area contributed by atoms with Crippen LogP contribution < -0.4 is 15.9 Å². The van der Waals surface area contributed by atoms with Crippen LogP contribution >= 0.6 is 11.6 Å². The minimum atomic E-state index is -1.36. The van der Waals surface area contributed by atoms with Crippen molar-refractivity contribution in [3.05, 3.63) is 38.9 Å². The molecule has 1 aromatic carbocycles. The average molecular weight is 355 g/mol. The molecule has 2 aromatic rings. The molecule has 1 unspecified atom stereocenters. The summed E-state index contributed by atoms with van der Waals surface area (Å²) in [6.07, 6.45) is 2.94. The van der Waals surface area contributed by atoms with E-state index in [2.05, 4.69) is 0 Å². The van der Waals surface area contributed by atoms with Gasteiger partial charge in [-0.25, -0.2) is 9.18 Å². The average Bonchev–Trinajstić information content (AvgIpc) is 3.32. The van der Waals surface area contributed by atoms with Crippen LogP contribution in [-0.2, 0) is 0 Å². The first kappa shape index (κ1) is 16.7. The van der Waals surface area contributed by atoms with Crippen LogP contribution in [0.4, 0.5) is 4.39 Å². The van der Waals surface area contributed by atoms with E-state index >= 15 is 0 Å². The van der Waals surface area contributed by atoms with Crippen molar-refractivity contribution in [3.8, 4) is 5.75 Å². The number of ether oxygens (including phenoxy) is 1. The largest absolute Gasteiger partial charge is 0.487 e. The standard InChI is InChI=1S/C16H16ClFN2O4/c1-7(19)6-24-15-11(18)4-9-13(12(15)17)20(8-2-3-8)5-10(14(9)21)16(22)23/h4-5,7-8H,2-3,6,19H2,1H3,(H,22,23). The first-order valence-electron chi connectivity index (χ1n) is 7.49. The molecule has 1 saturated carbocycles. The highest BCUT2D eigenvalue weighted by Gasteiger charge is 2.29. The number of hydrogen-bond acceptors (Lipinski definition) is 4. The highest BCUT2D eigenvalue weighted by atomic mass is 35.5. The SMILES string of the molecule is CC(N)COc1c(F)cc2c(=O)c(C(=O)O)cn(C3CC3)c2c1Cl. The molecule has 1 aliphatic carbocycles. The normalized spacial score (nSPS) is 15.5. The number of nitrogens with two attached hydrogens (primary N) is 1. The maximum Gasteiger partial charge on any atom is 0.341 e. The maximum atomic E-state index is 14.3. The molecule has 1 aromatic heterocycles. The minimum Gasteiger partial charge on any atom is -0.487 e. The van der Waals surface area contributed by atoms with Gasteiger partial charge in [0.1, 0.15) is 17.2 Å². The van der Waals surface area contributed by atoms with Gasteiger partial charge in [0.2, 0.25) is 5.43 Å². The summed E-state index contributed by atoms with van der Waals surface area (Å²) in [5.74, 6) is -2.36. The van der Waals surface area contributed by atoms with Crippen molar-refractivity contribution in [1.29, 1.82) is 0 Å². The summed E-state index contributed by atoms with van der Waals surface area (Å²) in [7, 11) is 0. The topological polar surface area (TPSA) is 94.6 Å². The quantitative estimate of drug-likeness (QED) is 0.860. The van der Waals surface area contributed by atoms with Gasteiger partial charge in [-0.2, -0.15) is 0 Å². The second kappa shape index (κ2) is 6.07. The molecular formula is C16H16ClFN2O4. The second-order valence-corrected chi connectivity index (χ2v) is 6.38. The van der Waals surface area contributed by atoms with Crippen molar-refractivity contribution < 1.29 is 19.0 Å². The number of hydrogen-bond donors (Lipinski definition) is 2. The number of aromatic carboxylic acids is 1. The Balaban J connectivity index is 2.30. The summed E-state index contributed by atoms with van der Waals surface area (Å²) in [4.78, 5) is 23.7. The molecule has 24 heavy (non-hydrogen) atoms. The van der Waals surface area contributed by atoms with Gasteiger partial charge in [-0.05, 0) is 25.8 Å². The van der Waals surface area contributed by atoms with Crippen molar-refractivity contribution in [1.82, 2.24) is 4.57 Å². The third kappa shape index (κ3) is 2.85.